The van der Waals surface area contributed by atoms with Gasteiger partial charge in [-0.3, -0.25) is 0 Å². The predicted molar refractivity (Wildman–Crippen MR) is 63.4 cm³/mol. The molecule has 0 heterocycles. The molecule has 1 unspecified atom stereocenters. The number of aliphatic hydroxyl groups is 1. The van der Waals surface area contributed by atoms with Gasteiger partial charge in [-0.05, 0) is 17.5 Å². The number of benzene rings is 1. The maximum atomic E-state index is 9.93. The molecule has 0 spiro atoms. The van der Waals surface area contributed by atoms with Gasteiger partial charge in [-0.1, -0.05) is 50.5 Å². The molecular weight excluding hydrogens is 186 g/mol. The molecule has 1 aromatic rings. The summed E-state index contributed by atoms with van der Waals surface area (Å²) in [6.45, 7) is 2.71. The van der Waals surface area contributed by atoms with Crippen molar-refractivity contribution in [2.45, 2.75) is 45.3 Å². The van der Waals surface area contributed by atoms with E-state index >= 15 is 0 Å². The summed E-state index contributed by atoms with van der Waals surface area (Å²) in [6, 6.07) is 7.91. The fraction of sp³-hybridized carbons (Fsp3) is 0.538. The molecule has 2 nitrogen and oxygen atoms in total. The van der Waals surface area contributed by atoms with Gasteiger partial charge in [0.2, 0.25) is 0 Å². The summed E-state index contributed by atoms with van der Waals surface area (Å²) in [5, 5.41) is 9.93. The normalized spacial score (nSPS) is 12.7. The third kappa shape index (κ3) is 4.02. The lowest BCUT2D eigenvalue weighted by atomic mass is 10.0. The largest absolute Gasteiger partial charge is 0.388 e. The maximum absolute atomic E-state index is 9.93. The number of unbranched alkanes of at least 4 members (excludes halogenated alkanes) is 2. The third-order valence-corrected chi connectivity index (χ3v) is 2.65. The van der Waals surface area contributed by atoms with E-state index in [1.807, 2.05) is 24.3 Å². The molecule has 0 aliphatic heterocycles. The molecule has 1 aromatic carbocycles. The molecule has 1 atom stereocenters. The van der Waals surface area contributed by atoms with Crippen molar-refractivity contribution < 1.29 is 5.11 Å². The summed E-state index contributed by atoms with van der Waals surface area (Å²) < 4.78 is 0. The van der Waals surface area contributed by atoms with E-state index in [1.165, 1.54) is 12.8 Å². The molecule has 1 rings (SSSR count). The molecule has 0 aromatic heterocycles. The molecule has 0 saturated heterocycles. The van der Waals surface area contributed by atoms with Crippen LogP contribution < -0.4 is 5.73 Å². The van der Waals surface area contributed by atoms with Gasteiger partial charge in [0.05, 0.1) is 6.10 Å². The Bertz CT molecular complexity index is 286. The van der Waals surface area contributed by atoms with E-state index in [-0.39, 0.29) is 6.10 Å². The summed E-state index contributed by atoms with van der Waals surface area (Å²) in [4.78, 5) is 0. The third-order valence-electron chi connectivity index (χ3n) is 2.65. The van der Waals surface area contributed by atoms with Crippen molar-refractivity contribution in [2.75, 3.05) is 0 Å². The standard InChI is InChI=1S/C13H21NO/c1-2-3-4-8-13(15)12-7-5-6-11(9-12)10-14/h5-7,9,13,15H,2-4,8,10,14H2,1H3. The van der Waals surface area contributed by atoms with E-state index in [4.69, 9.17) is 5.73 Å². The van der Waals surface area contributed by atoms with Gasteiger partial charge in [0.1, 0.15) is 0 Å². The van der Waals surface area contributed by atoms with Crippen LogP contribution in [0.25, 0.3) is 0 Å². The summed E-state index contributed by atoms with van der Waals surface area (Å²) in [7, 11) is 0. The predicted octanol–water partition coefficient (Wildman–Crippen LogP) is 2.76. The fourth-order valence-electron chi connectivity index (χ4n) is 1.68. The lowest BCUT2D eigenvalue weighted by Crippen LogP contribution is -2.01. The van der Waals surface area contributed by atoms with Crippen molar-refractivity contribution in [3.05, 3.63) is 35.4 Å². The monoisotopic (exact) mass is 207 g/mol. The molecule has 0 aliphatic carbocycles. The van der Waals surface area contributed by atoms with Gasteiger partial charge in [-0.2, -0.15) is 0 Å². The van der Waals surface area contributed by atoms with E-state index < -0.39 is 0 Å². The zero-order chi connectivity index (χ0) is 11.1. The van der Waals surface area contributed by atoms with Gasteiger partial charge in [0.25, 0.3) is 0 Å². The molecule has 0 fully saturated rings. The number of hydrogen-bond donors (Lipinski definition) is 2. The van der Waals surface area contributed by atoms with Crippen molar-refractivity contribution in [1.82, 2.24) is 0 Å². The van der Waals surface area contributed by atoms with Crippen LogP contribution in [0.4, 0.5) is 0 Å². The molecule has 0 radical (unpaired) electrons. The maximum Gasteiger partial charge on any atom is 0.0790 e. The fourth-order valence-corrected chi connectivity index (χ4v) is 1.68. The molecule has 0 saturated carbocycles. The Morgan fingerprint density at radius 3 is 2.80 bits per heavy atom. The van der Waals surface area contributed by atoms with Gasteiger partial charge in [0, 0.05) is 6.54 Å². The number of rotatable bonds is 6. The summed E-state index contributed by atoms with van der Waals surface area (Å²) in [5.41, 5.74) is 7.64. The minimum absolute atomic E-state index is 0.331. The van der Waals surface area contributed by atoms with E-state index in [0.717, 1.165) is 24.0 Å². The van der Waals surface area contributed by atoms with Crippen molar-refractivity contribution >= 4 is 0 Å². The number of nitrogens with two attached hydrogens (primary N) is 1. The van der Waals surface area contributed by atoms with Crippen LogP contribution in [0.1, 0.15) is 49.8 Å². The number of aliphatic hydroxyl groups excluding tert-OH is 1. The molecule has 84 valence electrons. The van der Waals surface area contributed by atoms with E-state index in [0.29, 0.717) is 6.54 Å². The lowest BCUT2D eigenvalue weighted by Gasteiger charge is -2.11. The topological polar surface area (TPSA) is 46.2 Å². The number of hydrogen-bond acceptors (Lipinski definition) is 2. The second kappa shape index (κ2) is 6.59. The van der Waals surface area contributed by atoms with Gasteiger partial charge in [0.15, 0.2) is 0 Å². The van der Waals surface area contributed by atoms with Crippen molar-refractivity contribution in [3.8, 4) is 0 Å². The first-order valence-corrected chi connectivity index (χ1v) is 5.75. The first kappa shape index (κ1) is 12.2. The average molecular weight is 207 g/mol. The Labute approximate surface area is 92.1 Å². The van der Waals surface area contributed by atoms with Crippen LogP contribution >= 0.6 is 0 Å². The van der Waals surface area contributed by atoms with Crippen LogP contribution in [-0.2, 0) is 6.54 Å². The van der Waals surface area contributed by atoms with Gasteiger partial charge >= 0.3 is 0 Å². The molecule has 3 N–H and O–H groups in total. The molecule has 0 bridgehead atoms. The van der Waals surface area contributed by atoms with Crippen molar-refractivity contribution in [3.63, 3.8) is 0 Å². The minimum atomic E-state index is -0.331. The van der Waals surface area contributed by atoms with Crippen molar-refractivity contribution in [2.24, 2.45) is 5.73 Å². The Morgan fingerprint density at radius 1 is 1.33 bits per heavy atom. The molecule has 2 heteroatoms. The summed E-state index contributed by atoms with van der Waals surface area (Å²) >= 11 is 0. The van der Waals surface area contributed by atoms with Gasteiger partial charge in [-0.15, -0.1) is 0 Å². The highest BCUT2D eigenvalue weighted by Gasteiger charge is 2.06. The van der Waals surface area contributed by atoms with Crippen molar-refractivity contribution in [1.29, 1.82) is 0 Å². The molecular formula is C13H21NO. The van der Waals surface area contributed by atoms with Gasteiger partial charge < -0.3 is 10.8 Å². The quantitative estimate of drug-likeness (QED) is 0.705. The zero-order valence-corrected chi connectivity index (χ0v) is 9.45. The molecule has 0 amide bonds. The van der Waals surface area contributed by atoms with Gasteiger partial charge in [-0.25, -0.2) is 0 Å². The smallest absolute Gasteiger partial charge is 0.0790 e. The second-order valence-corrected chi connectivity index (χ2v) is 3.96. The Morgan fingerprint density at radius 2 is 2.13 bits per heavy atom. The van der Waals surface area contributed by atoms with E-state index in [2.05, 4.69) is 6.92 Å². The molecule has 0 aliphatic rings. The van der Waals surface area contributed by atoms with Crippen LogP contribution in [0.2, 0.25) is 0 Å². The summed E-state index contributed by atoms with van der Waals surface area (Å²) in [6.07, 6.45) is 3.98. The zero-order valence-electron chi connectivity index (χ0n) is 9.45. The highest BCUT2D eigenvalue weighted by atomic mass is 16.3. The van der Waals surface area contributed by atoms with Crippen LogP contribution in [0.3, 0.4) is 0 Å². The van der Waals surface area contributed by atoms with Crippen LogP contribution in [-0.4, -0.2) is 5.11 Å². The SMILES string of the molecule is CCCCCC(O)c1cccc(CN)c1. The average Bonchev–Trinajstić information content (AvgIpc) is 2.29. The summed E-state index contributed by atoms with van der Waals surface area (Å²) in [5.74, 6) is 0. The first-order valence-electron chi connectivity index (χ1n) is 5.75. The Balaban J connectivity index is 2.52. The van der Waals surface area contributed by atoms with Crippen LogP contribution in [0.5, 0.6) is 0 Å². The Kier molecular flexibility index (Phi) is 5.37. The van der Waals surface area contributed by atoms with Crippen LogP contribution in [0.15, 0.2) is 24.3 Å². The lowest BCUT2D eigenvalue weighted by molar-refractivity contribution is 0.163. The second-order valence-electron chi connectivity index (χ2n) is 3.96. The highest BCUT2D eigenvalue weighted by Crippen LogP contribution is 2.20. The Hall–Kier alpha value is -0.860. The molecule has 15 heavy (non-hydrogen) atoms. The minimum Gasteiger partial charge on any atom is -0.388 e. The van der Waals surface area contributed by atoms with E-state index in [1.54, 1.807) is 0 Å². The first-order chi connectivity index (χ1) is 7.27. The highest BCUT2D eigenvalue weighted by molar-refractivity contribution is 5.24. The van der Waals surface area contributed by atoms with Crippen LogP contribution in [0, 0.1) is 0 Å². The van der Waals surface area contributed by atoms with E-state index in [9.17, 15) is 5.11 Å².